The van der Waals surface area contributed by atoms with Crippen LogP contribution in [0.1, 0.15) is 11.1 Å². The molecule has 1 heterocycles. The molecule has 0 unspecified atom stereocenters. The van der Waals surface area contributed by atoms with Crippen molar-refractivity contribution >= 4 is 16.9 Å². The molecule has 0 spiro atoms. The topological polar surface area (TPSA) is 77.1 Å². The minimum atomic E-state index is -1.02. The number of rotatable bonds is 2. The standard InChI is InChI=1S/C12H12N2O3/c1-7-3-8(2)12-9(4-7)10(15)5-14(13-12)6-11(16)17/h3-5H,6H2,1-2H3,(H-,13,15,16,17). The lowest BCUT2D eigenvalue weighted by Gasteiger charge is -2.09. The molecule has 1 N–H and O–H groups in total. The summed E-state index contributed by atoms with van der Waals surface area (Å²) in [5, 5.41) is 25.2. The Morgan fingerprint density at radius 3 is 2.82 bits per heavy atom. The van der Waals surface area contributed by atoms with Gasteiger partial charge >= 0.3 is 5.97 Å². The molecular formula is C12H12N2O3. The maximum absolute atomic E-state index is 11.8. The summed E-state index contributed by atoms with van der Waals surface area (Å²) in [4.78, 5) is 10.6. The van der Waals surface area contributed by atoms with Crippen molar-refractivity contribution in [3.05, 3.63) is 29.5 Å². The second kappa shape index (κ2) is 4.01. The van der Waals surface area contributed by atoms with Gasteiger partial charge in [0.15, 0.2) is 6.20 Å². The number of nitrogens with zero attached hydrogens (tertiary/aromatic N) is 2. The molecule has 0 saturated heterocycles. The predicted octanol–water partition coefficient (Wildman–Crippen LogP) is 0.297. The van der Waals surface area contributed by atoms with Crippen LogP contribution in [0.15, 0.2) is 18.3 Å². The van der Waals surface area contributed by atoms with E-state index >= 15 is 0 Å². The summed E-state index contributed by atoms with van der Waals surface area (Å²) < 4.78 is 1.16. The van der Waals surface area contributed by atoms with Crippen LogP contribution in [-0.2, 0) is 11.3 Å². The lowest BCUT2D eigenvalue weighted by molar-refractivity contribution is -0.743. The molecule has 0 radical (unpaired) electrons. The van der Waals surface area contributed by atoms with Gasteiger partial charge in [-0.2, -0.15) is 0 Å². The summed E-state index contributed by atoms with van der Waals surface area (Å²) in [7, 11) is 0. The Labute approximate surface area is 97.9 Å². The Hall–Kier alpha value is -2.17. The number of benzene rings is 1. The van der Waals surface area contributed by atoms with E-state index in [-0.39, 0.29) is 12.3 Å². The van der Waals surface area contributed by atoms with Gasteiger partial charge in [-0.3, -0.25) is 0 Å². The minimum Gasteiger partial charge on any atom is -0.868 e. The van der Waals surface area contributed by atoms with E-state index < -0.39 is 5.97 Å². The van der Waals surface area contributed by atoms with Crippen LogP contribution in [0, 0.1) is 13.8 Å². The van der Waals surface area contributed by atoms with Crippen LogP contribution in [0.3, 0.4) is 0 Å². The Bertz CT molecular complexity index is 608. The zero-order valence-electron chi connectivity index (χ0n) is 9.60. The molecule has 0 atom stereocenters. The highest BCUT2D eigenvalue weighted by atomic mass is 16.4. The largest absolute Gasteiger partial charge is 0.868 e. The fraction of sp³-hybridized carbons (Fsp3) is 0.250. The number of hydrogen-bond donors (Lipinski definition) is 1. The Kier molecular flexibility index (Phi) is 2.67. The number of aromatic nitrogens is 2. The summed E-state index contributed by atoms with van der Waals surface area (Å²) in [6.45, 7) is 3.45. The first-order valence-corrected chi connectivity index (χ1v) is 5.18. The number of carboxylic acids is 1. The van der Waals surface area contributed by atoms with Gasteiger partial charge < -0.3 is 10.2 Å². The number of aliphatic carboxylic acids is 1. The third-order valence-electron chi connectivity index (χ3n) is 2.50. The normalized spacial score (nSPS) is 10.7. The summed E-state index contributed by atoms with van der Waals surface area (Å²) >= 11 is 0. The fourth-order valence-corrected chi connectivity index (χ4v) is 1.86. The Morgan fingerprint density at radius 2 is 2.18 bits per heavy atom. The second-order valence-electron chi connectivity index (χ2n) is 4.06. The van der Waals surface area contributed by atoms with Crippen LogP contribution in [0.4, 0.5) is 0 Å². The first kappa shape index (κ1) is 11.3. The molecule has 2 aromatic rings. The summed E-state index contributed by atoms with van der Waals surface area (Å²) in [6, 6.07) is 3.68. The highest BCUT2D eigenvalue weighted by Gasteiger charge is 2.12. The maximum atomic E-state index is 11.8. The molecule has 2 rings (SSSR count). The number of carbonyl (C=O) groups is 1. The van der Waals surface area contributed by atoms with Crippen LogP contribution < -0.4 is 9.79 Å². The molecule has 5 heteroatoms. The molecule has 0 amide bonds. The quantitative estimate of drug-likeness (QED) is 0.755. The molecule has 1 aromatic heterocycles. The highest BCUT2D eigenvalue weighted by Crippen LogP contribution is 2.22. The zero-order chi connectivity index (χ0) is 12.6. The Morgan fingerprint density at radius 1 is 1.47 bits per heavy atom. The van der Waals surface area contributed by atoms with Crippen molar-refractivity contribution in [1.29, 1.82) is 0 Å². The van der Waals surface area contributed by atoms with E-state index in [1.165, 1.54) is 6.20 Å². The average Bonchev–Trinajstić information content (AvgIpc) is 2.19. The van der Waals surface area contributed by atoms with Crippen LogP contribution in [0.5, 0.6) is 5.75 Å². The van der Waals surface area contributed by atoms with E-state index in [0.717, 1.165) is 15.8 Å². The van der Waals surface area contributed by atoms with Gasteiger partial charge in [-0.15, -0.1) is 0 Å². The van der Waals surface area contributed by atoms with E-state index in [9.17, 15) is 9.90 Å². The van der Waals surface area contributed by atoms with E-state index in [1.807, 2.05) is 19.9 Å². The zero-order valence-corrected chi connectivity index (χ0v) is 9.60. The van der Waals surface area contributed by atoms with Gasteiger partial charge in [0.1, 0.15) is 5.52 Å². The Balaban J connectivity index is 2.68. The first-order valence-electron chi connectivity index (χ1n) is 5.18. The van der Waals surface area contributed by atoms with Gasteiger partial charge in [0, 0.05) is 10.5 Å². The summed E-state index contributed by atoms with van der Waals surface area (Å²) in [5.41, 5.74) is 2.42. The fourth-order valence-electron chi connectivity index (χ4n) is 1.86. The monoisotopic (exact) mass is 232 g/mol. The highest BCUT2D eigenvalue weighted by molar-refractivity contribution is 5.86. The molecule has 0 aliphatic carbocycles. The lowest BCUT2D eigenvalue weighted by atomic mass is 10.1. The van der Waals surface area contributed by atoms with E-state index in [0.29, 0.717) is 10.9 Å². The van der Waals surface area contributed by atoms with Gasteiger partial charge in [0.25, 0.3) is 6.54 Å². The molecule has 5 nitrogen and oxygen atoms in total. The van der Waals surface area contributed by atoms with Crippen molar-refractivity contribution in [2.75, 3.05) is 0 Å². The van der Waals surface area contributed by atoms with Crippen LogP contribution in [0.25, 0.3) is 10.9 Å². The predicted molar refractivity (Wildman–Crippen MR) is 58.5 cm³/mol. The van der Waals surface area contributed by atoms with Crippen molar-refractivity contribution < 1.29 is 19.7 Å². The molecule has 17 heavy (non-hydrogen) atoms. The SMILES string of the molecule is Cc1cc(C)c2n[n+](CC(=O)O)cc([O-])c2c1. The van der Waals surface area contributed by atoms with Crippen molar-refractivity contribution in [2.45, 2.75) is 20.4 Å². The van der Waals surface area contributed by atoms with Crippen molar-refractivity contribution in [3.63, 3.8) is 0 Å². The first-order chi connectivity index (χ1) is 7.97. The smallest absolute Gasteiger partial charge is 0.372 e. The van der Waals surface area contributed by atoms with Gasteiger partial charge in [0.05, 0.1) is 0 Å². The van der Waals surface area contributed by atoms with Crippen molar-refractivity contribution in [3.8, 4) is 5.75 Å². The number of fused-ring (bicyclic) bond motifs is 1. The molecule has 1 aromatic carbocycles. The molecule has 88 valence electrons. The maximum Gasteiger partial charge on any atom is 0.372 e. The molecule has 0 fully saturated rings. The van der Waals surface area contributed by atoms with E-state index in [2.05, 4.69) is 5.10 Å². The second-order valence-corrected chi connectivity index (χ2v) is 4.06. The number of carboxylic acid groups (broad SMARTS) is 1. The van der Waals surface area contributed by atoms with Gasteiger partial charge in [-0.05, 0) is 25.2 Å². The molecule has 0 bridgehead atoms. The molecule has 0 saturated carbocycles. The summed E-state index contributed by atoms with van der Waals surface area (Å²) in [5.74, 6) is -1.23. The number of hydrogen-bond acceptors (Lipinski definition) is 3. The van der Waals surface area contributed by atoms with Crippen molar-refractivity contribution in [2.24, 2.45) is 0 Å². The van der Waals surface area contributed by atoms with Gasteiger partial charge in [-0.25, -0.2) is 4.79 Å². The third-order valence-corrected chi connectivity index (χ3v) is 2.50. The molecular weight excluding hydrogens is 220 g/mol. The summed E-state index contributed by atoms with van der Waals surface area (Å²) in [6.07, 6.45) is 1.22. The third kappa shape index (κ3) is 2.18. The lowest BCUT2D eigenvalue weighted by Crippen LogP contribution is -2.41. The van der Waals surface area contributed by atoms with Gasteiger partial charge in [0.2, 0.25) is 0 Å². The minimum absolute atomic E-state index is 0.206. The van der Waals surface area contributed by atoms with Crippen LogP contribution >= 0.6 is 0 Å². The van der Waals surface area contributed by atoms with E-state index in [4.69, 9.17) is 5.11 Å². The average molecular weight is 232 g/mol. The van der Waals surface area contributed by atoms with Crippen LogP contribution in [-0.4, -0.2) is 16.2 Å². The van der Waals surface area contributed by atoms with Crippen LogP contribution in [0.2, 0.25) is 0 Å². The molecule has 0 aliphatic rings. The molecule has 0 aliphatic heterocycles. The van der Waals surface area contributed by atoms with Crippen molar-refractivity contribution in [1.82, 2.24) is 5.10 Å². The van der Waals surface area contributed by atoms with Gasteiger partial charge in [-0.1, -0.05) is 22.4 Å². The number of aryl methyl sites for hydroxylation is 2. The van der Waals surface area contributed by atoms with E-state index in [1.54, 1.807) is 6.07 Å².